The molecule has 0 bridgehead atoms. The quantitative estimate of drug-likeness (QED) is 0.104. The van der Waals surface area contributed by atoms with Crippen LogP contribution in [0.2, 0.25) is 0 Å². The van der Waals surface area contributed by atoms with E-state index in [0.717, 1.165) is 30.9 Å². The first kappa shape index (κ1) is 35.0. The first-order valence-corrected chi connectivity index (χ1v) is 16.6. The standard InChI is InChI=1S/C25H23F4N5O5.C10H14FN/c1-11-10-38-6-5-34(22(11)28)23-15-9-31-19(18(27)20(15)32-24(33-23)37-2)14-8-13(30)7-12-3-4-16(26)21(17(12)14)39-25(29,35)36;11-6-8-5-9-10(1-2-10)3-4-12(9)7-8/h3-4,7-9,11,22,35-36H,5-6,10,30H2,1-2H3;6,9H,1-5,7H2/b;8-6+. The van der Waals surface area contributed by atoms with Crippen molar-refractivity contribution in [2.75, 3.05) is 50.6 Å². The average molecular weight is 717 g/mol. The number of pyridine rings is 1. The van der Waals surface area contributed by atoms with Crippen LogP contribution in [-0.4, -0.2) is 88.6 Å². The van der Waals surface area contributed by atoms with Gasteiger partial charge in [0, 0.05) is 47.9 Å². The van der Waals surface area contributed by atoms with Crippen molar-refractivity contribution in [1.82, 2.24) is 19.9 Å². The van der Waals surface area contributed by atoms with Crippen LogP contribution in [0.5, 0.6) is 11.8 Å². The van der Waals surface area contributed by atoms with E-state index in [-0.39, 0.29) is 64.5 Å². The van der Waals surface area contributed by atoms with Crippen molar-refractivity contribution in [3.05, 3.63) is 54.0 Å². The normalized spacial score (nSPS) is 23.7. The molecule has 2 aromatic heterocycles. The Bertz CT molecular complexity index is 2010. The van der Waals surface area contributed by atoms with Crippen molar-refractivity contribution in [2.45, 2.75) is 51.2 Å². The van der Waals surface area contributed by atoms with Crippen LogP contribution in [0.4, 0.5) is 33.5 Å². The van der Waals surface area contributed by atoms with E-state index < -0.39 is 41.5 Å². The number of anilines is 2. The molecule has 2 aromatic carbocycles. The van der Waals surface area contributed by atoms with Crippen LogP contribution < -0.4 is 20.1 Å². The number of hydrogen-bond donors (Lipinski definition) is 3. The Hall–Kier alpha value is -4.38. The second-order valence-corrected chi connectivity index (χ2v) is 13.6. The molecule has 11 nitrogen and oxygen atoms in total. The third-order valence-corrected chi connectivity index (χ3v) is 10.2. The lowest BCUT2D eigenvalue weighted by atomic mass is 9.94. The van der Waals surface area contributed by atoms with Crippen molar-refractivity contribution >= 4 is 33.2 Å². The number of rotatable bonds is 5. The van der Waals surface area contributed by atoms with E-state index >= 15 is 8.78 Å². The van der Waals surface area contributed by atoms with Crippen molar-refractivity contribution in [3.8, 4) is 23.0 Å². The van der Waals surface area contributed by atoms with Gasteiger partial charge in [-0.25, -0.2) is 17.6 Å². The number of alkyl halides is 2. The first-order valence-electron chi connectivity index (χ1n) is 16.6. The lowest BCUT2D eigenvalue weighted by Crippen LogP contribution is -2.37. The average Bonchev–Trinajstić information content (AvgIpc) is 3.70. The predicted octanol–water partition coefficient (Wildman–Crippen LogP) is 5.52. The lowest BCUT2D eigenvalue weighted by Gasteiger charge is -2.28. The number of methoxy groups -OCH3 is 1. The number of nitrogen functional groups attached to an aromatic ring is 1. The molecule has 8 rings (SSSR count). The van der Waals surface area contributed by atoms with Crippen LogP contribution >= 0.6 is 0 Å². The zero-order valence-electron chi connectivity index (χ0n) is 27.9. The van der Waals surface area contributed by atoms with Gasteiger partial charge in [-0.2, -0.15) is 9.97 Å². The van der Waals surface area contributed by atoms with Gasteiger partial charge in [-0.3, -0.25) is 9.88 Å². The van der Waals surface area contributed by atoms with Gasteiger partial charge >= 0.3 is 12.2 Å². The summed E-state index contributed by atoms with van der Waals surface area (Å²) in [7, 11) is 1.26. The summed E-state index contributed by atoms with van der Waals surface area (Å²) in [6, 6.07) is 5.20. The molecule has 4 aromatic rings. The second-order valence-electron chi connectivity index (χ2n) is 13.6. The number of ether oxygens (including phenoxy) is 3. The van der Waals surface area contributed by atoms with Gasteiger partial charge < -0.3 is 35.1 Å². The molecule has 4 fully saturated rings. The number of fused-ring (bicyclic) bond motifs is 4. The van der Waals surface area contributed by atoms with E-state index in [1.165, 1.54) is 62.2 Å². The Labute approximate surface area is 289 Å². The SMILES string of the molecule is COc1nc(N2CCOCC(C)C2F)c2cnc(-c3cc(N)cc4ccc(F)c(OC(O)(O)F)c34)c(F)c2n1.F/C=C1\CC2N(CCC23CC3)C1. The maximum Gasteiger partial charge on any atom is 0.492 e. The fourth-order valence-electron chi connectivity index (χ4n) is 7.54. The largest absolute Gasteiger partial charge is 0.492 e. The Kier molecular flexibility index (Phi) is 9.14. The molecule has 0 amide bonds. The Morgan fingerprint density at radius 3 is 2.63 bits per heavy atom. The van der Waals surface area contributed by atoms with Gasteiger partial charge in [0.15, 0.2) is 23.7 Å². The van der Waals surface area contributed by atoms with E-state index in [1.807, 2.05) is 0 Å². The van der Waals surface area contributed by atoms with Crippen molar-refractivity contribution in [3.63, 3.8) is 0 Å². The third kappa shape index (κ3) is 6.61. The molecule has 0 radical (unpaired) electrons. The van der Waals surface area contributed by atoms with Crippen molar-refractivity contribution < 1.29 is 46.4 Å². The molecule has 1 spiro atoms. The zero-order valence-corrected chi connectivity index (χ0v) is 27.9. The van der Waals surface area contributed by atoms with E-state index in [0.29, 0.717) is 11.5 Å². The summed E-state index contributed by atoms with van der Waals surface area (Å²) >= 11 is 0. The van der Waals surface area contributed by atoms with Crippen LogP contribution in [0.3, 0.4) is 0 Å². The number of nitrogens with zero attached hydrogens (tertiary/aromatic N) is 5. The van der Waals surface area contributed by atoms with Crippen LogP contribution in [-0.2, 0) is 4.74 Å². The summed E-state index contributed by atoms with van der Waals surface area (Å²) in [4.78, 5) is 16.3. The zero-order chi connectivity index (χ0) is 36.2. The molecule has 51 heavy (non-hydrogen) atoms. The number of aliphatic hydroxyl groups is 2. The highest BCUT2D eigenvalue weighted by atomic mass is 19.2. The van der Waals surface area contributed by atoms with Gasteiger partial charge in [-0.15, -0.1) is 4.39 Å². The monoisotopic (exact) mass is 716 g/mol. The fraction of sp³-hybridized carbons (Fsp3) is 0.457. The highest BCUT2D eigenvalue weighted by Crippen LogP contribution is 2.60. The van der Waals surface area contributed by atoms with Crippen molar-refractivity contribution in [1.29, 1.82) is 0 Å². The van der Waals surface area contributed by atoms with Crippen LogP contribution in [0.15, 0.2) is 42.4 Å². The molecule has 272 valence electrons. The smallest absolute Gasteiger partial charge is 0.467 e. The second kappa shape index (κ2) is 13.3. The molecule has 3 saturated heterocycles. The van der Waals surface area contributed by atoms with E-state index in [2.05, 4.69) is 24.6 Å². The van der Waals surface area contributed by atoms with Gasteiger partial charge in [0.05, 0.1) is 32.0 Å². The third-order valence-electron chi connectivity index (χ3n) is 10.2. The molecule has 1 aliphatic carbocycles. The first-order chi connectivity index (χ1) is 24.3. The van der Waals surface area contributed by atoms with Gasteiger partial charge in [0.25, 0.3) is 0 Å². The molecule has 3 atom stereocenters. The molecule has 16 heteroatoms. The minimum atomic E-state index is -4.24. The molecule has 1 saturated carbocycles. The Morgan fingerprint density at radius 1 is 1.14 bits per heavy atom. The molecular weight excluding hydrogens is 679 g/mol. The van der Waals surface area contributed by atoms with E-state index in [1.54, 1.807) is 6.92 Å². The van der Waals surface area contributed by atoms with Crippen LogP contribution in [0.1, 0.15) is 32.6 Å². The Morgan fingerprint density at radius 2 is 1.92 bits per heavy atom. The topological polar surface area (TPSA) is 139 Å². The molecular formula is C35H37F5N6O5. The summed E-state index contributed by atoms with van der Waals surface area (Å²) < 4.78 is 87.2. The minimum Gasteiger partial charge on any atom is -0.467 e. The summed E-state index contributed by atoms with van der Waals surface area (Å²) in [5.41, 5.74) is 6.88. The predicted molar refractivity (Wildman–Crippen MR) is 178 cm³/mol. The lowest BCUT2D eigenvalue weighted by molar-refractivity contribution is -0.375. The van der Waals surface area contributed by atoms with Gasteiger partial charge in [0.2, 0.25) is 0 Å². The summed E-state index contributed by atoms with van der Waals surface area (Å²) in [6.45, 7) is 4.26. The molecule has 3 aliphatic heterocycles. The van der Waals surface area contributed by atoms with E-state index in [4.69, 9.17) is 25.4 Å². The summed E-state index contributed by atoms with van der Waals surface area (Å²) in [6.07, 6.45) is 1.45. The number of benzene rings is 2. The van der Waals surface area contributed by atoms with E-state index in [9.17, 15) is 13.2 Å². The fourth-order valence-corrected chi connectivity index (χ4v) is 7.54. The van der Waals surface area contributed by atoms with Gasteiger partial charge in [0.1, 0.15) is 17.0 Å². The summed E-state index contributed by atoms with van der Waals surface area (Å²) in [5.74, 6) is -3.62. The number of halogens is 5. The number of hydrogen-bond acceptors (Lipinski definition) is 11. The maximum atomic E-state index is 16.2. The van der Waals surface area contributed by atoms with Crippen LogP contribution in [0.25, 0.3) is 32.9 Å². The van der Waals surface area contributed by atoms with Gasteiger partial charge in [-0.1, -0.05) is 13.0 Å². The molecule has 4 N–H and O–H groups in total. The maximum absolute atomic E-state index is 16.2. The highest BCUT2D eigenvalue weighted by Gasteiger charge is 2.57. The highest BCUT2D eigenvalue weighted by molar-refractivity contribution is 6.04. The Balaban J connectivity index is 0.000000281. The minimum absolute atomic E-state index is 0.0231. The number of aromatic nitrogens is 3. The molecule has 5 heterocycles. The summed E-state index contributed by atoms with van der Waals surface area (Å²) in [5, 5.41) is 18.3. The van der Waals surface area contributed by atoms with Crippen molar-refractivity contribution in [2.24, 2.45) is 11.3 Å². The van der Waals surface area contributed by atoms with Crippen LogP contribution in [0, 0.1) is 23.0 Å². The molecule has 4 aliphatic rings. The number of nitrogens with two attached hydrogens (primary N) is 1. The van der Waals surface area contributed by atoms with Gasteiger partial charge in [-0.05, 0) is 66.8 Å². The molecule has 3 unspecified atom stereocenters.